The maximum atomic E-state index is 12.0. The Bertz CT molecular complexity index is 499. The summed E-state index contributed by atoms with van der Waals surface area (Å²) in [5, 5.41) is 0. The molecule has 1 aromatic carbocycles. The van der Waals surface area contributed by atoms with Crippen LogP contribution in [0, 0.1) is 0 Å². The fourth-order valence-corrected chi connectivity index (χ4v) is 2.74. The lowest BCUT2D eigenvalue weighted by molar-refractivity contribution is -0.116. The average Bonchev–Trinajstić information content (AvgIpc) is 2.84. The van der Waals surface area contributed by atoms with Gasteiger partial charge in [0.05, 0.1) is 13.7 Å². The third kappa shape index (κ3) is 1.80. The van der Waals surface area contributed by atoms with Crippen LogP contribution in [-0.2, 0) is 9.53 Å². The van der Waals surface area contributed by atoms with Crippen molar-refractivity contribution in [3.63, 3.8) is 0 Å². The lowest BCUT2D eigenvalue weighted by Gasteiger charge is -2.15. The maximum absolute atomic E-state index is 12.0. The third-order valence-electron chi connectivity index (χ3n) is 3.70. The van der Waals surface area contributed by atoms with E-state index in [0.29, 0.717) is 13.0 Å². The molecule has 0 spiro atoms. The number of benzene rings is 1. The molecule has 1 aromatic rings. The van der Waals surface area contributed by atoms with Gasteiger partial charge in [0.2, 0.25) is 0 Å². The molecule has 94 valence electrons. The van der Waals surface area contributed by atoms with E-state index in [4.69, 9.17) is 9.47 Å². The second-order valence-electron chi connectivity index (χ2n) is 4.75. The van der Waals surface area contributed by atoms with Crippen molar-refractivity contribution in [2.75, 3.05) is 13.7 Å². The Morgan fingerprint density at radius 3 is 2.72 bits per heavy atom. The van der Waals surface area contributed by atoms with Crippen LogP contribution in [0.2, 0.25) is 0 Å². The van der Waals surface area contributed by atoms with Crippen molar-refractivity contribution < 1.29 is 14.3 Å². The van der Waals surface area contributed by atoms with E-state index in [1.165, 1.54) is 0 Å². The zero-order chi connectivity index (χ0) is 12.5. The quantitative estimate of drug-likeness (QED) is 0.802. The fraction of sp³-hybridized carbons (Fsp3) is 0.400. The highest BCUT2D eigenvalue weighted by Crippen LogP contribution is 2.40. The average molecular weight is 244 g/mol. The number of carbonyl (C=O) groups is 1. The van der Waals surface area contributed by atoms with Crippen LogP contribution in [0.1, 0.15) is 30.7 Å². The minimum absolute atomic E-state index is 0.110. The summed E-state index contributed by atoms with van der Waals surface area (Å²) in [5.41, 5.74) is 2.04. The summed E-state index contributed by atoms with van der Waals surface area (Å²) in [4.78, 5) is 12.0. The molecule has 0 saturated carbocycles. The highest BCUT2D eigenvalue weighted by Gasteiger charge is 2.35. The molecule has 1 unspecified atom stereocenters. The largest absolute Gasteiger partial charge is 0.497 e. The number of carbonyl (C=O) groups excluding carboxylic acids is 1. The van der Waals surface area contributed by atoms with Gasteiger partial charge in [0.1, 0.15) is 11.5 Å². The molecule has 0 N–H and O–H groups in total. The van der Waals surface area contributed by atoms with Crippen LogP contribution >= 0.6 is 0 Å². The number of hydrogen-bond donors (Lipinski definition) is 0. The van der Waals surface area contributed by atoms with Crippen molar-refractivity contribution in [3.05, 3.63) is 41.2 Å². The molecule has 3 nitrogen and oxygen atoms in total. The van der Waals surface area contributed by atoms with Gasteiger partial charge in [0, 0.05) is 24.3 Å². The van der Waals surface area contributed by atoms with E-state index < -0.39 is 0 Å². The summed E-state index contributed by atoms with van der Waals surface area (Å²) in [7, 11) is 1.65. The maximum Gasteiger partial charge on any atom is 0.162 e. The molecule has 0 aromatic heterocycles. The van der Waals surface area contributed by atoms with Crippen molar-refractivity contribution in [1.29, 1.82) is 0 Å². The summed E-state index contributed by atoms with van der Waals surface area (Å²) < 4.78 is 10.8. The van der Waals surface area contributed by atoms with Gasteiger partial charge in [-0.15, -0.1) is 0 Å². The Morgan fingerprint density at radius 2 is 2.00 bits per heavy atom. The molecule has 0 bridgehead atoms. The van der Waals surface area contributed by atoms with Gasteiger partial charge in [-0.25, -0.2) is 0 Å². The van der Waals surface area contributed by atoms with Gasteiger partial charge in [-0.1, -0.05) is 12.1 Å². The topological polar surface area (TPSA) is 35.5 Å². The Morgan fingerprint density at radius 1 is 1.22 bits per heavy atom. The van der Waals surface area contributed by atoms with Crippen LogP contribution in [0.3, 0.4) is 0 Å². The molecular formula is C15H16O3. The third-order valence-corrected chi connectivity index (χ3v) is 3.70. The summed E-state index contributed by atoms with van der Waals surface area (Å²) >= 11 is 0. The Hall–Kier alpha value is -1.77. The lowest BCUT2D eigenvalue weighted by atomic mass is 9.85. The van der Waals surface area contributed by atoms with Crippen molar-refractivity contribution in [2.24, 2.45) is 0 Å². The van der Waals surface area contributed by atoms with Crippen LogP contribution in [-0.4, -0.2) is 19.5 Å². The molecule has 0 radical (unpaired) electrons. The summed E-state index contributed by atoms with van der Waals surface area (Å²) in [6.07, 6.45) is 2.50. The van der Waals surface area contributed by atoms with Crippen molar-refractivity contribution >= 4 is 5.78 Å². The minimum Gasteiger partial charge on any atom is -0.497 e. The molecule has 18 heavy (non-hydrogen) atoms. The lowest BCUT2D eigenvalue weighted by Crippen LogP contribution is -2.14. The van der Waals surface area contributed by atoms with E-state index in [0.717, 1.165) is 35.5 Å². The zero-order valence-electron chi connectivity index (χ0n) is 10.4. The van der Waals surface area contributed by atoms with Gasteiger partial charge < -0.3 is 9.47 Å². The number of ether oxygens (including phenoxy) is 2. The normalized spacial score (nSPS) is 22.7. The number of Topliss-reactive ketones (excluding diaryl/α,β-unsaturated/α-hetero) is 1. The SMILES string of the molecule is COc1ccc(C2COC3=C2C(=O)CCC3)cc1. The van der Waals surface area contributed by atoms with Crippen LogP contribution in [0.15, 0.2) is 35.6 Å². The number of ketones is 1. The van der Waals surface area contributed by atoms with Crippen LogP contribution in [0.5, 0.6) is 5.75 Å². The van der Waals surface area contributed by atoms with Gasteiger partial charge in [0.15, 0.2) is 5.78 Å². The van der Waals surface area contributed by atoms with E-state index in [-0.39, 0.29) is 11.7 Å². The van der Waals surface area contributed by atoms with Gasteiger partial charge in [-0.3, -0.25) is 4.79 Å². The highest BCUT2D eigenvalue weighted by atomic mass is 16.5. The molecule has 1 aliphatic carbocycles. The first-order valence-corrected chi connectivity index (χ1v) is 6.32. The predicted octanol–water partition coefficient (Wildman–Crippen LogP) is 2.82. The highest BCUT2D eigenvalue weighted by molar-refractivity contribution is 5.98. The first-order chi connectivity index (χ1) is 8.79. The first kappa shape index (κ1) is 11.3. The van der Waals surface area contributed by atoms with E-state index in [1.807, 2.05) is 24.3 Å². The first-order valence-electron chi connectivity index (χ1n) is 6.32. The molecule has 0 fully saturated rings. The van der Waals surface area contributed by atoms with Crippen LogP contribution in [0.4, 0.5) is 0 Å². The number of hydrogen-bond acceptors (Lipinski definition) is 3. The number of methoxy groups -OCH3 is 1. The molecule has 1 aliphatic heterocycles. The summed E-state index contributed by atoms with van der Waals surface area (Å²) in [6.45, 7) is 0.600. The Labute approximate surface area is 106 Å². The summed E-state index contributed by atoms with van der Waals surface area (Å²) in [6, 6.07) is 7.90. The fourth-order valence-electron chi connectivity index (χ4n) is 2.74. The molecule has 3 heteroatoms. The molecule has 2 aliphatic rings. The molecule has 0 saturated heterocycles. The van der Waals surface area contributed by atoms with Crippen LogP contribution in [0.25, 0.3) is 0 Å². The molecule has 1 heterocycles. The minimum atomic E-state index is 0.110. The van der Waals surface area contributed by atoms with E-state index >= 15 is 0 Å². The van der Waals surface area contributed by atoms with Gasteiger partial charge in [-0.2, -0.15) is 0 Å². The molecule has 0 amide bonds. The zero-order valence-corrected chi connectivity index (χ0v) is 10.4. The van der Waals surface area contributed by atoms with E-state index in [1.54, 1.807) is 7.11 Å². The van der Waals surface area contributed by atoms with Gasteiger partial charge >= 0.3 is 0 Å². The molecule has 1 atom stereocenters. The van der Waals surface area contributed by atoms with E-state index in [2.05, 4.69) is 0 Å². The predicted molar refractivity (Wildman–Crippen MR) is 67.6 cm³/mol. The standard InChI is InChI=1S/C15H16O3/c1-17-11-7-5-10(6-8-11)12-9-18-14-4-2-3-13(16)15(12)14/h5-8,12H,2-4,9H2,1H3. The smallest absolute Gasteiger partial charge is 0.162 e. The van der Waals surface area contributed by atoms with Gasteiger partial charge in [-0.05, 0) is 24.1 Å². The Kier molecular flexibility index (Phi) is 2.82. The summed E-state index contributed by atoms with van der Waals surface area (Å²) in [5.74, 6) is 2.13. The number of rotatable bonds is 2. The molecule has 3 rings (SSSR count). The van der Waals surface area contributed by atoms with Crippen molar-refractivity contribution in [1.82, 2.24) is 0 Å². The van der Waals surface area contributed by atoms with Crippen LogP contribution < -0.4 is 4.74 Å². The van der Waals surface area contributed by atoms with Gasteiger partial charge in [0.25, 0.3) is 0 Å². The Balaban J connectivity index is 1.92. The molecular weight excluding hydrogens is 228 g/mol. The second-order valence-corrected chi connectivity index (χ2v) is 4.75. The van der Waals surface area contributed by atoms with E-state index in [9.17, 15) is 4.79 Å². The van der Waals surface area contributed by atoms with Crippen molar-refractivity contribution in [3.8, 4) is 5.75 Å². The monoisotopic (exact) mass is 244 g/mol. The number of allylic oxidation sites excluding steroid dienone is 1. The second kappa shape index (κ2) is 4.48. The van der Waals surface area contributed by atoms with Crippen molar-refractivity contribution in [2.45, 2.75) is 25.2 Å².